The SMILES string of the molecule is O=C1NC(Cc2cccc(OC(F)(F)C(F)F)c2)C(c2ccc(CO)cc2)O1. The van der Waals surface area contributed by atoms with Crippen molar-refractivity contribution < 1.29 is 36.9 Å². The van der Waals surface area contributed by atoms with Gasteiger partial charge in [0.1, 0.15) is 11.9 Å². The molecule has 1 saturated heterocycles. The Morgan fingerprint density at radius 1 is 1.14 bits per heavy atom. The number of ether oxygens (including phenoxy) is 2. The van der Waals surface area contributed by atoms with E-state index in [4.69, 9.17) is 9.84 Å². The molecule has 3 rings (SSSR count). The number of amides is 1. The smallest absolute Gasteiger partial charge is 0.439 e. The maximum absolute atomic E-state index is 13.1. The second-order valence-corrected chi connectivity index (χ2v) is 6.29. The lowest BCUT2D eigenvalue weighted by Gasteiger charge is -2.19. The molecule has 2 aromatic rings. The third kappa shape index (κ3) is 4.53. The monoisotopic (exact) mass is 399 g/mol. The molecule has 2 atom stereocenters. The van der Waals surface area contributed by atoms with Crippen molar-refractivity contribution in [1.82, 2.24) is 5.32 Å². The summed E-state index contributed by atoms with van der Waals surface area (Å²) in [5.41, 5.74) is 1.88. The summed E-state index contributed by atoms with van der Waals surface area (Å²) < 4.78 is 60.2. The highest BCUT2D eigenvalue weighted by atomic mass is 19.3. The summed E-state index contributed by atoms with van der Waals surface area (Å²) in [4.78, 5) is 11.7. The Bertz CT molecular complexity index is 829. The van der Waals surface area contributed by atoms with Crippen LogP contribution in [0.15, 0.2) is 48.5 Å². The van der Waals surface area contributed by atoms with Crippen molar-refractivity contribution in [3.63, 3.8) is 0 Å². The van der Waals surface area contributed by atoms with E-state index in [-0.39, 0.29) is 13.0 Å². The van der Waals surface area contributed by atoms with Gasteiger partial charge in [-0.1, -0.05) is 36.4 Å². The minimum atomic E-state index is -4.60. The molecule has 150 valence electrons. The molecule has 9 heteroatoms. The Balaban J connectivity index is 1.75. The topological polar surface area (TPSA) is 67.8 Å². The largest absolute Gasteiger partial charge is 0.461 e. The van der Waals surface area contributed by atoms with Crippen molar-refractivity contribution in [2.45, 2.75) is 37.7 Å². The molecule has 0 radical (unpaired) electrons. The van der Waals surface area contributed by atoms with Crippen LogP contribution < -0.4 is 10.1 Å². The van der Waals surface area contributed by atoms with Crippen molar-refractivity contribution in [3.8, 4) is 5.75 Å². The quantitative estimate of drug-likeness (QED) is 0.695. The first kappa shape index (κ1) is 19.9. The number of carbonyl (C=O) groups excluding carboxylic acids is 1. The summed E-state index contributed by atoms with van der Waals surface area (Å²) in [6, 6.07) is 11.7. The van der Waals surface area contributed by atoms with E-state index in [0.717, 1.165) is 6.07 Å². The maximum Gasteiger partial charge on any atom is 0.461 e. The molecule has 0 aliphatic carbocycles. The van der Waals surface area contributed by atoms with Crippen molar-refractivity contribution >= 4 is 6.09 Å². The zero-order valence-corrected chi connectivity index (χ0v) is 14.4. The molecule has 2 unspecified atom stereocenters. The maximum atomic E-state index is 13.1. The van der Waals surface area contributed by atoms with Gasteiger partial charge in [0.15, 0.2) is 0 Å². The van der Waals surface area contributed by atoms with Gasteiger partial charge in [-0.3, -0.25) is 0 Å². The molecule has 0 saturated carbocycles. The van der Waals surface area contributed by atoms with E-state index in [1.807, 2.05) is 0 Å². The number of nitrogens with one attached hydrogen (secondary N) is 1. The van der Waals surface area contributed by atoms with Crippen LogP contribution in [0.3, 0.4) is 0 Å². The minimum Gasteiger partial charge on any atom is -0.439 e. The average Bonchev–Trinajstić information content (AvgIpc) is 3.01. The number of rotatable bonds is 7. The van der Waals surface area contributed by atoms with Crippen LogP contribution in [0.25, 0.3) is 0 Å². The average molecular weight is 399 g/mol. The van der Waals surface area contributed by atoms with Crippen LogP contribution in [-0.4, -0.2) is 29.8 Å². The van der Waals surface area contributed by atoms with Crippen molar-refractivity contribution in [1.29, 1.82) is 0 Å². The van der Waals surface area contributed by atoms with Crippen LogP contribution in [0.2, 0.25) is 0 Å². The van der Waals surface area contributed by atoms with Crippen LogP contribution in [0.5, 0.6) is 5.75 Å². The van der Waals surface area contributed by atoms with E-state index < -0.39 is 36.5 Å². The van der Waals surface area contributed by atoms with Gasteiger partial charge in [0.05, 0.1) is 12.6 Å². The second kappa shape index (κ2) is 8.05. The van der Waals surface area contributed by atoms with Crippen LogP contribution in [0.4, 0.5) is 22.4 Å². The van der Waals surface area contributed by atoms with E-state index >= 15 is 0 Å². The van der Waals surface area contributed by atoms with Crippen molar-refractivity contribution in [2.24, 2.45) is 0 Å². The van der Waals surface area contributed by atoms with Crippen LogP contribution in [0.1, 0.15) is 22.8 Å². The van der Waals surface area contributed by atoms with Gasteiger partial charge in [0.25, 0.3) is 0 Å². The zero-order valence-electron chi connectivity index (χ0n) is 14.4. The number of benzene rings is 2. The van der Waals surface area contributed by atoms with Gasteiger partial charge in [-0.05, 0) is 35.2 Å². The van der Waals surface area contributed by atoms with Gasteiger partial charge in [0, 0.05) is 0 Å². The fraction of sp³-hybridized carbons (Fsp3) is 0.316. The molecule has 5 nitrogen and oxygen atoms in total. The lowest BCUT2D eigenvalue weighted by atomic mass is 9.96. The van der Waals surface area contributed by atoms with E-state index in [2.05, 4.69) is 10.1 Å². The summed E-state index contributed by atoms with van der Waals surface area (Å²) in [5, 5.41) is 11.8. The second-order valence-electron chi connectivity index (χ2n) is 6.29. The minimum absolute atomic E-state index is 0.123. The molecule has 0 aromatic heterocycles. The molecule has 2 N–H and O–H groups in total. The zero-order chi connectivity index (χ0) is 20.3. The number of halogens is 4. The molecule has 28 heavy (non-hydrogen) atoms. The molecule has 2 aromatic carbocycles. The summed E-state index contributed by atoms with van der Waals surface area (Å²) in [6.45, 7) is -0.123. The predicted molar refractivity (Wildman–Crippen MR) is 90.2 cm³/mol. The van der Waals surface area contributed by atoms with Gasteiger partial charge in [-0.25, -0.2) is 4.79 Å². The number of alkyl halides is 4. The van der Waals surface area contributed by atoms with Crippen molar-refractivity contribution in [3.05, 3.63) is 65.2 Å². The van der Waals surface area contributed by atoms with Crippen LogP contribution >= 0.6 is 0 Å². The first-order chi connectivity index (χ1) is 13.3. The van der Waals surface area contributed by atoms with Crippen LogP contribution in [-0.2, 0) is 17.8 Å². The molecule has 1 amide bonds. The Kier molecular flexibility index (Phi) is 5.73. The third-order valence-corrected chi connectivity index (χ3v) is 4.26. The Hall–Kier alpha value is -2.81. The Morgan fingerprint density at radius 2 is 1.86 bits per heavy atom. The van der Waals surface area contributed by atoms with Crippen molar-refractivity contribution in [2.75, 3.05) is 0 Å². The number of aliphatic hydroxyl groups is 1. The number of hydrogen-bond acceptors (Lipinski definition) is 4. The standard InChI is InChI=1S/C19H17F4NO4/c20-17(21)19(22,23)28-14-3-1-2-12(8-14)9-15-16(27-18(26)24-15)13-6-4-11(10-25)5-7-13/h1-8,15-17,25H,9-10H2,(H,24,26). The van der Waals surface area contributed by atoms with Gasteiger partial charge in [0.2, 0.25) is 0 Å². The Morgan fingerprint density at radius 3 is 2.50 bits per heavy atom. The highest BCUT2D eigenvalue weighted by molar-refractivity contribution is 5.70. The molecular weight excluding hydrogens is 382 g/mol. The summed E-state index contributed by atoms with van der Waals surface area (Å²) in [7, 11) is 0. The fourth-order valence-corrected chi connectivity index (χ4v) is 2.92. The van der Waals surface area contributed by atoms with Gasteiger partial charge < -0.3 is 19.9 Å². The predicted octanol–water partition coefficient (Wildman–Crippen LogP) is 3.81. The number of cyclic esters (lactones) is 1. The number of carbonyl (C=O) groups is 1. The molecule has 0 bridgehead atoms. The highest BCUT2D eigenvalue weighted by Gasteiger charge is 2.44. The van der Waals surface area contributed by atoms with Gasteiger partial charge in [-0.2, -0.15) is 17.6 Å². The number of hydrogen-bond donors (Lipinski definition) is 2. The highest BCUT2D eigenvalue weighted by Crippen LogP contribution is 2.31. The summed E-state index contributed by atoms with van der Waals surface area (Å²) in [6.07, 6.45) is -9.61. The number of alkyl carbamates (subject to hydrolysis) is 1. The van der Waals surface area contributed by atoms with E-state index in [0.29, 0.717) is 16.7 Å². The lowest BCUT2D eigenvalue weighted by molar-refractivity contribution is -0.253. The fourth-order valence-electron chi connectivity index (χ4n) is 2.92. The Labute approximate surface area is 157 Å². The normalized spacial score (nSPS) is 19.4. The first-order valence-electron chi connectivity index (χ1n) is 8.39. The first-order valence-corrected chi connectivity index (χ1v) is 8.39. The summed E-state index contributed by atoms with van der Waals surface area (Å²) in [5.74, 6) is -0.406. The summed E-state index contributed by atoms with van der Waals surface area (Å²) >= 11 is 0. The van der Waals surface area contributed by atoms with E-state index in [9.17, 15) is 22.4 Å². The van der Waals surface area contributed by atoms with Crippen LogP contribution in [0, 0.1) is 0 Å². The third-order valence-electron chi connectivity index (χ3n) is 4.26. The number of aliphatic hydroxyl groups excluding tert-OH is 1. The molecular formula is C19H17F4NO4. The van der Waals surface area contributed by atoms with E-state index in [1.165, 1.54) is 12.1 Å². The molecule has 0 spiro atoms. The lowest BCUT2D eigenvalue weighted by Crippen LogP contribution is -2.33. The molecule has 1 aliphatic rings. The molecule has 1 fully saturated rings. The van der Waals surface area contributed by atoms with Gasteiger partial charge in [-0.15, -0.1) is 0 Å². The van der Waals surface area contributed by atoms with Gasteiger partial charge >= 0.3 is 18.6 Å². The molecule has 1 aliphatic heterocycles. The van der Waals surface area contributed by atoms with E-state index in [1.54, 1.807) is 30.3 Å². The molecule has 1 heterocycles.